The van der Waals surface area contributed by atoms with Crippen LogP contribution >= 0.6 is 15.9 Å². The van der Waals surface area contributed by atoms with Crippen LogP contribution in [0.15, 0.2) is 40.9 Å². The summed E-state index contributed by atoms with van der Waals surface area (Å²) in [6.07, 6.45) is 3.12. The molecule has 0 atom stereocenters. The molecule has 2 aliphatic heterocycles. The van der Waals surface area contributed by atoms with Gasteiger partial charge in [-0.05, 0) is 76.7 Å². The zero-order valence-corrected chi connectivity index (χ0v) is 18.1. The molecule has 1 fully saturated rings. The number of likely N-dealkylation sites (tertiary alicyclic amines) is 1. The van der Waals surface area contributed by atoms with Crippen molar-refractivity contribution in [1.82, 2.24) is 15.2 Å². The average molecular weight is 458 g/mol. The molecule has 2 aliphatic rings. The van der Waals surface area contributed by atoms with Crippen LogP contribution < -0.4 is 10.1 Å². The van der Waals surface area contributed by atoms with E-state index in [9.17, 15) is 4.39 Å². The number of halogens is 2. The lowest BCUT2D eigenvalue weighted by Crippen LogP contribution is -2.54. The second-order valence-electron chi connectivity index (χ2n) is 8.17. The van der Waals surface area contributed by atoms with E-state index in [2.05, 4.69) is 43.3 Å². The fourth-order valence-corrected chi connectivity index (χ4v) is 5.20. The Morgan fingerprint density at radius 1 is 1.17 bits per heavy atom. The number of aromatic amines is 1. The van der Waals surface area contributed by atoms with Crippen molar-refractivity contribution in [2.24, 2.45) is 0 Å². The van der Waals surface area contributed by atoms with Crippen LogP contribution in [0.2, 0.25) is 0 Å². The minimum absolute atomic E-state index is 0.00129. The summed E-state index contributed by atoms with van der Waals surface area (Å²) in [5.41, 5.74) is 4.99. The lowest BCUT2D eigenvalue weighted by Gasteiger charge is -2.45. The summed E-state index contributed by atoms with van der Waals surface area (Å²) in [5.74, 6) is 0.714. The fraction of sp³-hybridized carbons (Fsp3) is 0.391. The first-order chi connectivity index (χ1) is 14.1. The second kappa shape index (κ2) is 7.42. The van der Waals surface area contributed by atoms with Crippen molar-refractivity contribution in [2.45, 2.75) is 31.3 Å². The Bertz CT molecular complexity index is 1060. The number of ether oxygens (including phenoxy) is 1. The van der Waals surface area contributed by atoms with E-state index < -0.39 is 0 Å². The molecule has 0 unspecified atom stereocenters. The Hall–Kier alpha value is -1.89. The third-order valence-electron chi connectivity index (χ3n) is 6.53. The molecule has 0 saturated carbocycles. The Balaban J connectivity index is 1.38. The predicted molar refractivity (Wildman–Crippen MR) is 117 cm³/mol. The lowest BCUT2D eigenvalue weighted by molar-refractivity contribution is 0.121. The van der Waals surface area contributed by atoms with Crippen LogP contribution in [-0.2, 0) is 18.5 Å². The molecule has 2 aromatic carbocycles. The number of piperidine rings is 1. The standard InChI is InChI=1S/C23H25BrFN3O/c1-29-16-3-5-21-18(13-16)17-6-9-26-23(22(17)27-21)7-10-28(11-8-23)14-15-2-4-19(24)20(25)12-15/h2-5,12-13,26-27H,6-11,14H2,1H3. The van der Waals surface area contributed by atoms with Crippen LogP contribution in [0.25, 0.3) is 10.9 Å². The summed E-state index contributed by atoms with van der Waals surface area (Å²) in [4.78, 5) is 6.14. The second-order valence-corrected chi connectivity index (χ2v) is 9.03. The molecule has 3 heterocycles. The van der Waals surface area contributed by atoms with Gasteiger partial charge in [0.05, 0.1) is 17.1 Å². The number of aromatic nitrogens is 1. The largest absolute Gasteiger partial charge is 0.497 e. The van der Waals surface area contributed by atoms with Gasteiger partial charge in [0, 0.05) is 42.8 Å². The Kier molecular flexibility index (Phi) is 4.88. The van der Waals surface area contributed by atoms with Gasteiger partial charge in [-0.1, -0.05) is 6.07 Å². The highest BCUT2D eigenvalue weighted by atomic mass is 79.9. The van der Waals surface area contributed by atoms with Crippen molar-refractivity contribution in [3.05, 3.63) is 63.5 Å². The highest BCUT2D eigenvalue weighted by molar-refractivity contribution is 9.10. The highest BCUT2D eigenvalue weighted by Gasteiger charge is 2.41. The van der Waals surface area contributed by atoms with Gasteiger partial charge in [-0.15, -0.1) is 0 Å². The molecule has 1 aromatic heterocycles. The number of hydrogen-bond acceptors (Lipinski definition) is 3. The fourth-order valence-electron chi connectivity index (χ4n) is 4.95. The van der Waals surface area contributed by atoms with Crippen molar-refractivity contribution in [3.63, 3.8) is 0 Å². The maximum Gasteiger partial charge on any atom is 0.137 e. The molecule has 152 valence electrons. The van der Waals surface area contributed by atoms with E-state index in [1.807, 2.05) is 12.1 Å². The minimum atomic E-state index is -0.192. The zero-order valence-electron chi connectivity index (χ0n) is 16.5. The van der Waals surface area contributed by atoms with E-state index in [-0.39, 0.29) is 11.4 Å². The summed E-state index contributed by atoms with van der Waals surface area (Å²) < 4.78 is 19.8. The van der Waals surface area contributed by atoms with Gasteiger partial charge in [0.1, 0.15) is 11.6 Å². The van der Waals surface area contributed by atoms with Crippen LogP contribution in [0, 0.1) is 5.82 Å². The zero-order chi connectivity index (χ0) is 20.0. The number of benzene rings is 2. The molecule has 1 saturated heterocycles. The third kappa shape index (κ3) is 3.37. The SMILES string of the molecule is COc1ccc2[nH]c3c(c2c1)CCNC31CCN(Cc2ccc(Br)c(F)c2)CC1. The van der Waals surface area contributed by atoms with Crippen LogP contribution in [0.4, 0.5) is 4.39 Å². The number of hydrogen-bond donors (Lipinski definition) is 2. The van der Waals surface area contributed by atoms with Crippen molar-refractivity contribution in [1.29, 1.82) is 0 Å². The summed E-state index contributed by atoms with van der Waals surface area (Å²) >= 11 is 3.23. The van der Waals surface area contributed by atoms with E-state index in [0.29, 0.717) is 4.47 Å². The quantitative estimate of drug-likeness (QED) is 0.597. The summed E-state index contributed by atoms with van der Waals surface area (Å²) in [6.45, 7) is 3.76. The highest BCUT2D eigenvalue weighted by Crippen LogP contribution is 2.41. The van der Waals surface area contributed by atoms with E-state index >= 15 is 0 Å². The van der Waals surface area contributed by atoms with Crippen LogP contribution in [-0.4, -0.2) is 36.6 Å². The van der Waals surface area contributed by atoms with E-state index in [0.717, 1.165) is 56.8 Å². The summed E-state index contributed by atoms with van der Waals surface area (Å²) in [5, 5.41) is 5.11. The lowest BCUT2D eigenvalue weighted by atomic mass is 9.79. The Labute approximate surface area is 178 Å². The molecule has 6 heteroatoms. The number of fused-ring (bicyclic) bond motifs is 4. The molecule has 0 aliphatic carbocycles. The number of methoxy groups -OCH3 is 1. The first-order valence-electron chi connectivity index (χ1n) is 10.2. The molecule has 29 heavy (non-hydrogen) atoms. The first kappa shape index (κ1) is 19.1. The predicted octanol–water partition coefficient (Wildman–Crippen LogP) is 4.72. The monoisotopic (exact) mass is 457 g/mol. The maximum atomic E-state index is 13.9. The summed E-state index contributed by atoms with van der Waals surface area (Å²) in [7, 11) is 1.72. The summed E-state index contributed by atoms with van der Waals surface area (Å²) in [6, 6.07) is 11.7. The normalized spacial score (nSPS) is 18.9. The van der Waals surface area contributed by atoms with Crippen molar-refractivity contribution < 1.29 is 9.13 Å². The number of nitrogens with zero attached hydrogens (tertiary/aromatic N) is 1. The molecular weight excluding hydrogens is 433 g/mol. The van der Waals surface area contributed by atoms with Gasteiger partial charge < -0.3 is 15.0 Å². The molecule has 5 rings (SSSR count). The Morgan fingerprint density at radius 2 is 2.00 bits per heavy atom. The van der Waals surface area contributed by atoms with E-state index in [4.69, 9.17) is 4.74 Å². The van der Waals surface area contributed by atoms with Crippen LogP contribution in [0.3, 0.4) is 0 Å². The van der Waals surface area contributed by atoms with Gasteiger partial charge in [0.25, 0.3) is 0 Å². The van der Waals surface area contributed by atoms with Crippen LogP contribution in [0.1, 0.15) is 29.7 Å². The van der Waals surface area contributed by atoms with Gasteiger partial charge in [-0.2, -0.15) is 0 Å². The molecule has 2 N–H and O–H groups in total. The van der Waals surface area contributed by atoms with Gasteiger partial charge >= 0.3 is 0 Å². The van der Waals surface area contributed by atoms with E-state index in [1.54, 1.807) is 19.2 Å². The topological polar surface area (TPSA) is 40.3 Å². The van der Waals surface area contributed by atoms with Gasteiger partial charge in [-0.25, -0.2) is 4.39 Å². The Morgan fingerprint density at radius 3 is 2.76 bits per heavy atom. The molecule has 4 nitrogen and oxygen atoms in total. The molecular formula is C23H25BrFN3O. The van der Waals surface area contributed by atoms with Gasteiger partial charge in [0.15, 0.2) is 0 Å². The number of H-pyrrole nitrogens is 1. The van der Waals surface area contributed by atoms with Gasteiger partial charge in [0.2, 0.25) is 0 Å². The van der Waals surface area contributed by atoms with Crippen molar-refractivity contribution in [3.8, 4) is 5.75 Å². The average Bonchev–Trinajstić information content (AvgIpc) is 3.12. The van der Waals surface area contributed by atoms with Gasteiger partial charge in [-0.3, -0.25) is 4.90 Å². The van der Waals surface area contributed by atoms with E-state index in [1.165, 1.54) is 22.2 Å². The molecule has 1 spiro atoms. The van der Waals surface area contributed by atoms with Crippen molar-refractivity contribution in [2.75, 3.05) is 26.7 Å². The molecule has 3 aromatic rings. The molecule has 0 bridgehead atoms. The maximum absolute atomic E-state index is 13.9. The molecule has 0 radical (unpaired) electrons. The van der Waals surface area contributed by atoms with Crippen molar-refractivity contribution >= 4 is 26.8 Å². The first-order valence-corrected chi connectivity index (χ1v) is 11.0. The van der Waals surface area contributed by atoms with Crippen LogP contribution in [0.5, 0.6) is 5.75 Å². The number of nitrogens with one attached hydrogen (secondary N) is 2. The smallest absolute Gasteiger partial charge is 0.137 e. The number of rotatable bonds is 3. The molecule has 0 amide bonds. The third-order valence-corrected chi connectivity index (χ3v) is 7.17. The minimum Gasteiger partial charge on any atom is -0.497 e.